The number of carbonyl (C=O) groups excluding carboxylic acids is 3. The van der Waals surface area contributed by atoms with Crippen LogP contribution >= 0.6 is 23.2 Å². The summed E-state index contributed by atoms with van der Waals surface area (Å²) in [4.78, 5) is 54.3. The molecule has 1 aliphatic carbocycles. The van der Waals surface area contributed by atoms with E-state index >= 15 is 0 Å². The van der Waals surface area contributed by atoms with Gasteiger partial charge in [-0.3, -0.25) is 24.5 Å². The van der Waals surface area contributed by atoms with Crippen LogP contribution in [-0.4, -0.2) is 66.3 Å². The maximum atomic E-state index is 13.3. The largest absolute Gasteiger partial charge is 0.368 e. The van der Waals surface area contributed by atoms with E-state index in [0.717, 1.165) is 0 Å². The Morgan fingerprint density at radius 3 is 2.25 bits per heavy atom. The minimum Gasteiger partial charge on any atom is -0.368 e. The van der Waals surface area contributed by atoms with Gasteiger partial charge in [0.2, 0.25) is 5.91 Å². The number of hydrogen-bond donors (Lipinski definition) is 1. The van der Waals surface area contributed by atoms with Crippen molar-refractivity contribution in [2.45, 2.75) is 25.3 Å². The summed E-state index contributed by atoms with van der Waals surface area (Å²) >= 11 is 12.0. The Labute approximate surface area is 217 Å². The summed E-state index contributed by atoms with van der Waals surface area (Å²) in [5.74, 6) is -1.06. The summed E-state index contributed by atoms with van der Waals surface area (Å²) in [5, 5.41) is 15.1. The van der Waals surface area contributed by atoms with Crippen molar-refractivity contribution < 1.29 is 19.3 Å². The lowest BCUT2D eigenvalue weighted by atomic mass is 10.1. The Hall–Kier alpha value is -3.37. The predicted octanol–water partition coefficient (Wildman–Crippen LogP) is 3.50. The predicted molar refractivity (Wildman–Crippen MR) is 137 cm³/mol. The molecule has 1 saturated heterocycles. The van der Waals surface area contributed by atoms with Gasteiger partial charge in [0.15, 0.2) is 0 Å². The van der Waals surface area contributed by atoms with Crippen molar-refractivity contribution in [3.63, 3.8) is 0 Å². The van der Waals surface area contributed by atoms with Gasteiger partial charge in [-0.2, -0.15) is 0 Å². The zero-order valence-corrected chi connectivity index (χ0v) is 21.3. The van der Waals surface area contributed by atoms with Crippen LogP contribution in [0.25, 0.3) is 0 Å². The number of nitrogens with zero attached hydrogens (tertiary/aromatic N) is 4. The molecule has 2 aromatic carbocycles. The molecule has 0 radical (unpaired) electrons. The Morgan fingerprint density at radius 2 is 1.69 bits per heavy atom. The van der Waals surface area contributed by atoms with Gasteiger partial charge in [-0.1, -0.05) is 23.2 Å². The molecule has 0 unspecified atom stereocenters. The van der Waals surface area contributed by atoms with E-state index < -0.39 is 16.4 Å². The molecule has 36 heavy (non-hydrogen) atoms. The minimum atomic E-state index is -1.16. The van der Waals surface area contributed by atoms with Gasteiger partial charge in [-0.15, -0.1) is 0 Å². The quantitative estimate of drug-likeness (QED) is 0.448. The number of carbonyl (C=O) groups is 3. The number of benzene rings is 2. The smallest absolute Gasteiger partial charge is 0.282 e. The Balaban J connectivity index is 1.54. The monoisotopic (exact) mass is 533 g/mol. The molecule has 2 aromatic rings. The van der Waals surface area contributed by atoms with E-state index in [4.69, 9.17) is 23.2 Å². The Kier molecular flexibility index (Phi) is 7.10. The number of nitrogens with one attached hydrogen (secondary N) is 1. The van der Waals surface area contributed by atoms with E-state index in [1.165, 1.54) is 24.0 Å². The molecule has 0 spiro atoms. The molecule has 3 amide bonds. The van der Waals surface area contributed by atoms with Crippen LogP contribution in [0.5, 0.6) is 0 Å². The minimum absolute atomic E-state index is 0.0105. The first-order valence-electron chi connectivity index (χ1n) is 11.4. The van der Waals surface area contributed by atoms with Crippen molar-refractivity contribution in [1.82, 2.24) is 10.2 Å². The van der Waals surface area contributed by atoms with Crippen LogP contribution in [0, 0.1) is 10.1 Å². The van der Waals surface area contributed by atoms with Crippen LogP contribution in [-0.2, 0) is 9.59 Å². The number of piperazine rings is 1. The fraction of sp³-hybridized carbons (Fsp3) is 0.375. The summed E-state index contributed by atoms with van der Waals surface area (Å²) in [6.07, 6.45) is 0.813. The first-order chi connectivity index (χ1) is 17.0. The van der Waals surface area contributed by atoms with Crippen LogP contribution in [0.4, 0.5) is 17.1 Å². The molecule has 10 nitrogen and oxygen atoms in total. The van der Waals surface area contributed by atoms with Crippen LogP contribution < -0.4 is 15.1 Å². The average Bonchev–Trinajstić information content (AvgIpc) is 3.64. The highest BCUT2D eigenvalue weighted by Gasteiger charge is 2.53. The fourth-order valence-electron chi connectivity index (χ4n) is 4.28. The molecule has 12 heteroatoms. The molecule has 1 aliphatic heterocycles. The van der Waals surface area contributed by atoms with Crippen LogP contribution in [0.2, 0.25) is 10.0 Å². The lowest BCUT2D eigenvalue weighted by Crippen LogP contribution is -2.50. The van der Waals surface area contributed by atoms with E-state index in [1.807, 2.05) is 4.90 Å². The second-order valence-corrected chi connectivity index (χ2v) is 9.76. The van der Waals surface area contributed by atoms with Crippen molar-refractivity contribution in [2.24, 2.45) is 0 Å². The molecule has 2 fully saturated rings. The van der Waals surface area contributed by atoms with Gasteiger partial charge in [0.25, 0.3) is 17.5 Å². The third kappa shape index (κ3) is 5.10. The first-order valence-corrected chi connectivity index (χ1v) is 12.1. The number of nitro groups is 1. The molecule has 190 valence electrons. The van der Waals surface area contributed by atoms with Crippen molar-refractivity contribution in [1.29, 1.82) is 0 Å². The van der Waals surface area contributed by atoms with Gasteiger partial charge in [0.1, 0.15) is 11.1 Å². The van der Waals surface area contributed by atoms with Gasteiger partial charge in [-0.25, -0.2) is 0 Å². The van der Waals surface area contributed by atoms with Gasteiger partial charge < -0.3 is 20.0 Å². The number of likely N-dealkylation sites (N-methyl/N-ethyl adjacent to an activating group) is 1. The van der Waals surface area contributed by atoms with Gasteiger partial charge in [0.05, 0.1) is 15.0 Å². The highest BCUT2D eigenvalue weighted by atomic mass is 35.5. The van der Waals surface area contributed by atoms with Gasteiger partial charge >= 0.3 is 0 Å². The first kappa shape index (κ1) is 25.7. The summed E-state index contributed by atoms with van der Waals surface area (Å²) in [6, 6.07) is 9.13. The van der Waals surface area contributed by atoms with Gasteiger partial charge in [0, 0.05) is 57.6 Å². The molecule has 0 bridgehead atoms. The molecule has 0 atom stereocenters. The summed E-state index contributed by atoms with van der Waals surface area (Å²) in [5.41, 5.74) is -0.484. The number of halogens is 2. The Morgan fingerprint density at radius 1 is 1.03 bits per heavy atom. The van der Waals surface area contributed by atoms with E-state index in [1.54, 1.807) is 36.2 Å². The summed E-state index contributed by atoms with van der Waals surface area (Å²) in [6.45, 7) is 3.63. The fourth-order valence-corrected chi connectivity index (χ4v) is 4.57. The molecular weight excluding hydrogens is 509 g/mol. The topological polar surface area (TPSA) is 116 Å². The van der Waals surface area contributed by atoms with Crippen LogP contribution in [0.1, 0.15) is 30.1 Å². The van der Waals surface area contributed by atoms with E-state index in [9.17, 15) is 24.5 Å². The van der Waals surface area contributed by atoms with E-state index in [-0.39, 0.29) is 23.1 Å². The third-order valence-electron chi connectivity index (χ3n) is 6.62. The zero-order chi connectivity index (χ0) is 26.2. The normalized spacial score (nSPS) is 16.3. The number of hydrogen-bond acceptors (Lipinski definition) is 6. The molecule has 0 aromatic heterocycles. The standard InChI is InChI=1S/C24H25Cl2N5O5/c1-15(32)29-9-11-30(12-10-29)17-4-6-21(31(35)36)18(13-17)22(33)27-24(7-8-24)23(34)28(2)16-3-5-19(25)20(26)14-16/h3-6,13-14H,7-12H2,1-2H3,(H,27,33). The van der Waals surface area contributed by atoms with Crippen molar-refractivity contribution in [3.05, 3.63) is 62.1 Å². The van der Waals surface area contributed by atoms with Crippen LogP contribution in [0.15, 0.2) is 36.4 Å². The summed E-state index contributed by atoms with van der Waals surface area (Å²) in [7, 11) is 1.57. The highest BCUT2D eigenvalue weighted by Crippen LogP contribution is 2.39. The number of nitro benzene ring substituents is 1. The Bertz CT molecular complexity index is 1240. The average molecular weight is 534 g/mol. The molecule has 1 heterocycles. The van der Waals surface area contributed by atoms with Gasteiger partial charge in [-0.05, 0) is 43.2 Å². The van der Waals surface area contributed by atoms with Crippen molar-refractivity contribution >= 4 is 58.0 Å². The maximum absolute atomic E-state index is 13.3. The zero-order valence-electron chi connectivity index (χ0n) is 19.8. The van der Waals surface area contributed by atoms with E-state index in [2.05, 4.69) is 5.32 Å². The number of rotatable bonds is 6. The molecule has 2 aliphatic rings. The second-order valence-electron chi connectivity index (χ2n) is 8.95. The second kappa shape index (κ2) is 9.94. The molecule has 1 N–H and O–H groups in total. The lowest BCUT2D eigenvalue weighted by molar-refractivity contribution is -0.385. The van der Waals surface area contributed by atoms with Crippen molar-refractivity contribution in [2.75, 3.05) is 43.0 Å². The SMILES string of the molecule is CC(=O)N1CCN(c2ccc([N+](=O)[O-])c(C(=O)NC3(C(=O)N(C)c4ccc(Cl)c(Cl)c4)CC3)c2)CC1. The molecule has 4 rings (SSSR count). The van der Waals surface area contributed by atoms with Crippen molar-refractivity contribution in [3.8, 4) is 0 Å². The molecular formula is C24H25Cl2N5O5. The number of amides is 3. The lowest BCUT2D eigenvalue weighted by Gasteiger charge is -2.35. The maximum Gasteiger partial charge on any atom is 0.282 e. The molecule has 1 saturated carbocycles. The number of anilines is 2. The van der Waals surface area contributed by atoms with Crippen LogP contribution in [0.3, 0.4) is 0 Å². The third-order valence-corrected chi connectivity index (χ3v) is 7.36. The van der Waals surface area contributed by atoms with E-state index in [0.29, 0.717) is 60.4 Å². The highest BCUT2D eigenvalue weighted by molar-refractivity contribution is 6.42. The summed E-state index contributed by atoms with van der Waals surface area (Å²) < 4.78 is 0.